The third-order valence-electron chi connectivity index (χ3n) is 18.9. The second-order valence-electron chi connectivity index (χ2n) is 30.6. The van der Waals surface area contributed by atoms with Crippen molar-refractivity contribution in [3.8, 4) is 0 Å². The number of ether oxygens (including phenoxy) is 4. The lowest BCUT2D eigenvalue weighted by Gasteiger charge is -2.21. The highest BCUT2D eigenvalue weighted by Gasteiger charge is 2.30. The van der Waals surface area contributed by atoms with Crippen LogP contribution in [0, 0.1) is 17.8 Å². The molecule has 3 N–H and O–H groups in total. The Morgan fingerprint density at radius 3 is 0.680 bits per heavy atom. The number of hydrogen-bond donors (Lipinski definition) is 3. The van der Waals surface area contributed by atoms with Gasteiger partial charge in [0.2, 0.25) is 0 Å². The number of hydrogen-bond acceptors (Lipinski definition) is 15. The van der Waals surface area contributed by atoms with Gasteiger partial charge in [0.25, 0.3) is 0 Å². The molecule has 0 heterocycles. The summed E-state index contributed by atoms with van der Waals surface area (Å²) in [4.78, 5) is 73.0. The average Bonchev–Trinajstić information content (AvgIpc) is 0.912. The number of unbranched alkanes of at least 4 members (excludes halogenated alkanes) is 47. The van der Waals surface area contributed by atoms with Crippen molar-refractivity contribution < 1.29 is 80.2 Å². The fraction of sp³-hybridized carbons (Fsp3) is 0.951. The summed E-state index contributed by atoms with van der Waals surface area (Å²) in [7, 11) is -9.92. The van der Waals surface area contributed by atoms with E-state index in [2.05, 4.69) is 48.5 Å². The van der Waals surface area contributed by atoms with Crippen molar-refractivity contribution in [1.82, 2.24) is 0 Å². The van der Waals surface area contributed by atoms with Gasteiger partial charge in [-0.25, -0.2) is 9.13 Å². The van der Waals surface area contributed by atoms with Crippen LogP contribution in [0.1, 0.15) is 421 Å². The van der Waals surface area contributed by atoms with E-state index in [1.807, 2.05) is 0 Å². The molecule has 0 aliphatic carbocycles. The molecule has 2 unspecified atom stereocenters. The minimum Gasteiger partial charge on any atom is -0.462 e. The molecule has 0 aliphatic heterocycles. The van der Waals surface area contributed by atoms with Gasteiger partial charge in [0.1, 0.15) is 19.3 Å². The Kier molecular flexibility index (Phi) is 69.9. The van der Waals surface area contributed by atoms with Crippen LogP contribution in [0.3, 0.4) is 0 Å². The van der Waals surface area contributed by atoms with Gasteiger partial charge < -0.3 is 33.8 Å². The van der Waals surface area contributed by atoms with Gasteiger partial charge >= 0.3 is 39.5 Å². The number of phosphoric ester groups is 2. The Bertz CT molecular complexity index is 1940. The third-order valence-corrected chi connectivity index (χ3v) is 20.8. The minimum atomic E-state index is -4.96. The zero-order valence-corrected chi connectivity index (χ0v) is 67.5. The number of esters is 4. The maximum atomic E-state index is 13.1. The summed E-state index contributed by atoms with van der Waals surface area (Å²) in [5, 5.41) is 10.6. The quantitative estimate of drug-likeness (QED) is 0.0222. The molecule has 0 aliphatic rings. The Balaban J connectivity index is 5.25. The van der Waals surface area contributed by atoms with E-state index in [0.717, 1.165) is 108 Å². The third kappa shape index (κ3) is 74.3. The Labute approximate surface area is 613 Å². The first-order valence-electron chi connectivity index (χ1n) is 41.8. The smallest absolute Gasteiger partial charge is 0.462 e. The zero-order chi connectivity index (χ0) is 73.7. The van der Waals surface area contributed by atoms with Gasteiger partial charge in [0.15, 0.2) is 12.2 Å². The van der Waals surface area contributed by atoms with Crippen molar-refractivity contribution in [1.29, 1.82) is 0 Å². The van der Waals surface area contributed by atoms with E-state index in [1.165, 1.54) is 225 Å². The first-order chi connectivity index (χ1) is 48.2. The monoisotopic (exact) mass is 1470 g/mol. The van der Waals surface area contributed by atoms with E-state index < -0.39 is 97.5 Å². The zero-order valence-electron chi connectivity index (χ0n) is 65.7. The molecule has 100 heavy (non-hydrogen) atoms. The maximum Gasteiger partial charge on any atom is 0.472 e. The van der Waals surface area contributed by atoms with Crippen LogP contribution in [0.2, 0.25) is 0 Å². The van der Waals surface area contributed by atoms with Crippen molar-refractivity contribution in [2.45, 2.75) is 439 Å². The topological polar surface area (TPSA) is 237 Å². The van der Waals surface area contributed by atoms with Crippen LogP contribution in [-0.4, -0.2) is 96.7 Å². The molecule has 0 radical (unpaired) electrons. The molecule has 0 saturated carbocycles. The van der Waals surface area contributed by atoms with Gasteiger partial charge in [0, 0.05) is 25.7 Å². The molecule has 0 aromatic carbocycles. The predicted octanol–water partition coefficient (Wildman–Crippen LogP) is 24.1. The lowest BCUT2D eigenvalue weighted by Crippen LogP contribution is -2.30. The Morgan fingerprint density at radius 2 is 0.460 bits per heavy atom. The number of aliphatic hydroxyl groups is 1. The second-order valence-corrected chi connectivity index (χ2v) is 33.5. The van der Waals surface area contributed by atoms with Crippen molar-refractivity contribution in [3.63, 3.8) is 0 Å². The van der Waals surface area contributed by atoms with Gasteiger partial charge in [-0.1, -0.05) is 370 Å². The lowest BCUT2D eigenvalue weighted by molar-refractivity contribution is -0.161. The standard InChI is InChI=1S/C81H158O17P2/c1-8-9-10-11-12-13-14-15-16-19-24-30-35-42-50-57-65-81(86)98-77(69-92-79(84)63-56-49-44-37-40-47-54-61-74(6)7)71-96-100(89,90)94-67-75(82)66-93-99(87,88)95-70-76(68-91-78(83)62-55-48-41-34-29-26-21-23-28-33-39-46-53-60-73(4)5)97-80(85)64-58-51-43-36-31-25-20-17-18-22-27-32-38-45-52-59-72(2)3/h72-77,82H,8-71H2,1-7H3,(H,87,88)(H,89,90)/t75-,76-,77-/m1/s1. The first kappa shape index (κ1) is 98.1. The molecule has 0 rings (SSSR count). The molecular formula is C81H158O17P2. The van der Waals surface area contributed by atoms with E-state index in [4.69, 9.17) is 37.0 Å². The van der Waals surface area contributed by atoms with Crippen LogP contribution in [0.4, 0.5) is 0 Å². The molecule has 0 spiro atoms. The summed E-state index contributed by atoms with van der Waals surface area (Å²) in [6.45, 7) is 11.9. The number of carbonyl (C=O) groups excluding carboxylic acids is 4. The molecule has 0 aromatic heterocycles. The van der Waals surface area contributed by atoms with Crippen LogP contribution in [-0.2, 0) is 65.4 Å². The molecule has 19 heteroatoms. The van der Waals surface area contributed by atoms with Crippen LogP contribution in [0.5, 0.6) is 0 Å². The molecular weight excluding hydrogens is 1310 g/mol. The normalized spacial score (nSPS) is 14.0. The lowest BCUT2D eigenvalue weighted by atomic mass is 10.0. The summed E-state index contributed by atoms with van der Waals surface area (Å²) >= 11 is 0. The highest BCUT2D eigenvalue weighted by atomic mass is 31.2. The molecule has 0 bridgehead atoms. The van der Waals surface area contributed by atoms with Gasteiger partial charge in [0.05, 0.1) is 26.4 Å². The number of aliphatic hydroxyl groups excluding tert-OH is 1. The number of rotatable bonds is 79. The minimum absolute atomic E-state index is 0.107. The number of carbonyl (C=O) groups is 4. The summed E-state index contributed by atoms with van der Waals surface area (Å²) in [6.07, 6.45) is 59.7. The largest absolute Gasteiger partial charge is 0.472 e. The van der Waals surface area contributed by atoms with Gasteiger partial charge in [-0.3, -0.25) is 37.3 Å². The van der Waals surface area contributed by atoms with Crippen molar-refractivity contribution in [2.75, 3.05) is 39.6 Å². The summed E-state index contributed by atoms with van der Waals surface area (Å²) in [6, 6.07) is 0. The fourth-order valence-corrected chi connectivity index (χ4v) is 14.1. The second kappa shape index (κ2) is 71.3. The van der Waals surface area contributed by atoms with E-state index in [0.29, 0.717) is 31.6 Å². The SMILES string of the molecule is CCCCCCCCCCCCCCCCCCC(=O)O[C@H](COC(=O)CCCCCCCCCC(C)C)COP(=O)(O)OC[C@H](O)COP(=O)(O)OC[C@@H](COC(=O)CCCCCCCCCCCCCCCC(C)C)OC(=O)CCCCCCCCCCCCCCCCCC(C)C. The highest BCUT2D eigenvalue weighted by molar-refractivity contribution is 7.47. The van der Waals surface area contributed by atoms with Crippen LogP contribution in [0.25, 0.3) is 0 Å². The predicted molar refractivity (Wildman–Crippen MR) is 409 cm³/mol. The van der Waals surface area contributed by atoms with Crippen molar-refractivity contribution in [2.24, 2.45) is 17.8 Å². The van der Waals surface area contributed by atoms with Crippen LogP contribution in [0.15, 0.2) is 0 Å². The van der Waals surface area contributed by atoms with E-state index in [9.17, 15) is 43.2 Å². The molecule has 0 saturated heterocycles. The molecule has 17 nitrogen and oxygen atoms in total. The highest BCUT2D eigenvalue weighted by Crippen LogP contribution is 2.45. The van der Waals surface area contributed by atoms with Crippen molar-refractivity contribution >= 4 is 39.5 Å². The maximum absolute atomic E-state index is 13.1. The summed E-state index contributed by atoms with van der Waals surface area (Å²) in [5.74, 6) is 0.188. The van der Waals surface area contributed by atoms with Crippen molar-refractivity contribution in [3.05, 3.63) is 0 Å². The van der Waals surface area contributed by atoms with Gasteiger partial charge in [-0.2, -0.15) is 0 Å². The van der Waals surface area contributed by atoms with E-state index in [1.54, 1.807) is 0 Å². The summed E-state index contributed by atoms with van der Waals surface area (Å²) in [5.41, 5.74) is 0. The Hall–Kier alpha value is -1.94. The molecule has 0 amide bonds. The number of phosphoric acid groups is 2. The molecule has 5 atom stereocenters. The first-order valence-corrected chi connectivity index (χ1v) is 44.8. The van der Waals surface area contributed by atoms with Gasteiger partial charge in [-0.15, -0.1) is 0 Å². The molecule has 594 valence electrons. The fourth-order valence-electron chi connectivity index (χ4n) is 12.5. The molecule has 0 fully saturated rings. The summed E-state index contributed by atoms with van der Waals surface area (Å²) < 4.78 is 68.7. The average molecular weight is 1470 g/mol. The van der Waals surface area contributed by atoms with Gasteiger partial charge in [-0.05, 0) is 43.4 Å². The van der Waals surface area contributed by atoms with Crippen LogP contribution < -0.4 is 0 Å². The van der Waals surface area contributed by atoms with E-state index >= 15 is 0 Å². The van der Waals surface area contributed by atoms with E-state index in [-0.39, 0.29) is 25.7 Å². The Morgan fingerprint density at radius 1 is 0.270 bits per heavy atom. The molecule has 0 aromatic rings. The van der Waals surface area contributed by atoms with Crippen LogP contribution >= 0.6 is 15.6 Å².